The molecular formula is C12H24N4O4. The lowest BCUT2D eigenvalue weighted by Gasteiger charge is -2.37. The molecular weight excluding hydrogens is 264 g/mol. The number of amides is 2. The number of carboxylic acids is 1. The molecule has 1 aliphatic rings. The van der Waals surface area contributed by atoms with E-state index in [2.05, 4.69) is 20.4 Å². The monoisotopic (exact) mass is 288 g/mol. The predicted octanol–water partition coefficient (Wildman–Crippen LogP) is -1.63. The standard InChI is InChI=1S/C12H24N4O4/c1-8(17)10(11(18)19)14-12(20)13-6-9-7-15(2)4-5-16(9)3/h8-10,17H,4-7H2,1-3H3,(H,18,19)(H2,13,14,20)/t8-,9?,10+/m1/s1. The number of nitrogens with zero attached hydrogens (tertiary/aromatic N) is 2. The fourth-order valence-corrected chi connectivity index (χ4v) is 2.11. The van der Waals surface area contributed by atoms with E-state index in [-0.39, 0.29) is 6.04 Å². The van der Waals surface area contributed by atoms with Crippen molar-refractivity contribution in [1.82, 2.24) is 20.4 Å². The van der Waals surface area contributed by atoms with E-state index in [0.29, 0.717) is 6.54 Å². The molecule has 0 radical (unpaired) electrons. The number of carboxylic acid groups (broad SMARTS) is 1. The van der Waals surface area contributed by atoms with Gasteiger partial charge in [0, 0.05) is 32.2 Å². The summed E-state index contributed by atoms with van der Waals surface area (Å²) in [6.07, 6.45) is -1.15. The first-order valence-electron chi connectivity index (χ1n) is 6.65. The number of rotatable bonds is 5. The normalized spacial score (nSPS) is 23.9. The summed E-state index contributed by atoms with van der Waals surface area (Å²) in [6, 6.07) is -1.70. The number of nitrogens with one attached hydrogen (secondary N) is 2. The van der Waals surface area contributed by atoms with Crippen molar-refractivity contribution in [3.63, 3.8) is 0 Å². The molecule has 8 heteroatoms. The Kier molecular flexibility index (Phi) is 6.18. The van der Waals surface area contributed by atoms with Gasteiger partial charge in [-0.2, -0.15) is 0 Å². The maximum absolute atomic E-state index is 11.7. The molecule has 0 aromatic heterocycles. The summed E-state index contributed by atoms with van der Waals surface area (Å²) >= 11 is 0. The highest BCUT2D eigenvalue weighted by molar-refractivity contribution is 5.82. The highest BCUT2D eigenvalue weighted by atomic mass is 16.4. The second-order valence-electron chi connectivity index (χ2n) is 5.31. The largest absolute Gasteiger partial charge is 0.480 e. The Morgan fingerprint density at radius 2 is 2.00 bits per heavy atom. The molecule has 4 N–H and O–H groups in total. The number of likely N-dealkylation sites (N-methyl/N-ethyl adjacent to an activating group) is 2. The van der Waals surface area contributed by atoms with Gasteiger partial charge in [-0.25, -0.2) is 9.59 Å². The minimum absolute atomic E-state index is 0.189. The van der Waals surface area contributed by atoms with Crippen molar-refractivity contribution in [3.8, 4) is 0 Å². The van der Waals surface area contributed by atoms with Gasteiger partial charge in [0.25, 0.3) is 0 Å². The Labute approximate surface area is 118 Å². The number of hydrogen-bond acceptors (Lipinski definition) is 5. The second kappa shape index (κ2) is 7.41. The summed E-state index contributed by atoms with van der Waals surface area (Å²) < 4.78 is 0. The SMILES string of the molecule is C[C@@H](O)[C@H](NC(=O)NCC1CN(C)CCN1C)C(=O)O. The maximum atomic E-state index is 11.7. The summed E-state index contributed by atoms with van der Waals surface area (Å²) in [4.78, 5) is 26.9. The van der Waals surface area contributed by atoms with Crippen LogP contribution in [0.15, 0.2) is 0 Å². The molecule has 8 nitrogen and oxygen atoms in total. The zero-order chi connectivity index (χ0) is 15.3. The Hall–Kier alpha value is -1.38. The van der Waals surface area contributed by atoms with Crippen LogP contribution in [0.4, 0.5) is 4.79 Å². The molecule has 1 saturated heterocycles. The maximum Gasteiger partial charge on any atom is 0.328 e. The number of aliphatic hydroxyl groups is 1. The molecule has 0 aromatic carbocycles. The molecule has 1 fully saturated rings. The molecule has 1 heterocycles. The van der Waals surface area contributed by atoms with E-state index in [4.69, 9.17) is 5.11 Å². The Morgan fingerprint density at radius 1 is 1.35 bits per heavy atom. The molecule has 1 aliphatic heterocycles. The van der Waals surface area contributed by atoms with E-state index in [1.807, 2.05) is 14.1 Å². The van der Waals surface area contributed by atoms with Crippen LogP contribution in [0.25, 0.3) is 0 Å². The zero-order valence-electron chi connectivity index (χ0n) is 12.2. The van der Waals surface area contributed by atoms with Gasteiger partial charge in [-0.1, -0.05) is 0 Å². The lowest BCUT2D eigenvalue weighted by Crippen LogP contribution is -2.57. The van der Waals surface area contributed by atoms with E-state index in [9.17, 15) is 14.7 Å². The van der Waals surface area contributed by atoms with Crippen LogP contribution in [0.2, 0.25) is 0 Å². The fraction of sp³-hybridized carbons (Fsp3) is 0.833. The van der Waals surface area contributed by atoms with E-state index in [1.54, 1.807) is 0 Å². The molecule has 0 spiro atoms. The Balaban J connectivity index is 2.40. The summed E-state index contributed by atoms with van der Waals surface area (Å²) in [5.74, 6) is -1.26. The summed E-state index contributed by atoms with van der Waals surface area (Å²) in [5, 5.41) is 23.1. The third kappa shape index (κ3) is 4.95. The minimum Gasteiger partial charge on any atom is -0.480 e. The van der Waals surface area contributed by atoms with Crippen LogP contribution >= 0.6 is 0 Å². The minimum atomic E-state index is -1.30. The van der Waals surface area contributed by atoms with E-state index in [0.717, 1.165) is 19.6 Å². The molecule has 3 atom stereocenters. The molecule has 1 unspecified atom stereocenters. The number of carbonyl (C=O) groups excluding carboxylic acids is 1. The van der Waals surface area contributed by atoms with Gasteiger partial charge in [0.15, 0.2) is 6.04 Å². The number of hydrogen-bond donors (Lipinski definition) is 4. The van der Waals surface area contributed by atoms with Crippen molar-refractivity contribution in [1.29, 1.82) is 0 Å². The third-order valence-electron chi connectivity index (χ3n) is 3.51. The van der Waals surface area contributed by atoms with Gasteiger partial charge in [-0.3, -0.25) is 4.90 Å². The summed E-state index contributed by atoms with van der Waals surface area (Å²) in [7, 11) is 4.01. The molecule has 0 aliphatic carbocycles. The number of aliphatic hydroxyl groups excluding tert-OH is 1. The number of aliphatic carboxylic acids is 1. The van der Waals surface area contributed by atoms with Gasteiger partial charge < -0.3 is 25.7 Å². The number of piperazine rings is 1. The first kappa shape index (κ1) is 16.7. The lowest BCUT2D eigenvalue weighted by molar-refractivity contribution is -0.141. The average Bonchev–Trinajstić information content (AvgIpc) is 2.36. The van der Waals surface area contributed by atoms with Crippen LogP contribution in [0.5, 0.6) is 0 Å². The lowest BCUT2D eigenvalue weighted by atomic mass is 10.2. The first-order valence-corrected chi connectivity index (χ1v) is 6.65. The molecule has 116 valence electrons. The van der Waals surface area contributed by atoms with Crippen molar-refractivity contribution in [2.24, 2.45) is 0 Å². The fourth-order valence-electron chi connectivity index (χ4n) is 2.11. The smallest absolute Gasteiger partial charge is 0.328 e. The summed E-state index contributed by atoms with van der Waals surface area (Å²) in [5.41, 5.74) is 0. The van der Waals surface area contributed by atoms with Crippen LogP contribution in [0, 0.1) is 0 Å². The van der Waals surface area contributed by atoms with Crippen LogP contribution in [-0.4, -0.2) is 90.5 Å². The average molecular weight is 288 g/mol. The van der Waals surface area contributed by atoms with Crippen molar-refractivity contribution >= 4 is 12.0 Å². The van der Waals surface area contributed by atoms with Crippen LogP contribution < -0.4 is 10.6 Å². The van der Waals surface area contributed by atoms with Crippen molar-refractivity contribution in [2.45, 2.75) is 25.1 Å². The highest BCUT2D eigenvalue weighted by Crippen LogP contribution is 2.04. The Morgan fingerprint density at radius 3 is 2.55 bits per heavy atom. The third-order valence-corrected chi connectivity index (χ3v) is 3.51. The quantitative estimate of drug-likeness (QED) is 0.484. The van der Waals surface area contributed by atoms with Gasteiger partial charge in [0.05, 0.1) is 6.10 Å². The van der Waals surface area contributed by atoms with Gasteiger partial charge in [-0.05, 0) is 21.0 Å². The van der Waals surface area contributed by atoms with Gasteiger partial charge in [-0.15, -0.1) is 0 Å². The van der Waals surface area contributed by atoms with Crippen LogP contribution in [0.1, 0.15) is 6.92 Å². The molecule has 20 heavy (non-hydrogen) atoms. The number of urea groups is 1. The van der Waals surface area contributed by atoms with Crippen LogP contribution in [0.3, 0.4) is 0 Å². The van der Waals surface area contributed by atoms with Crippen molar-refractivity contribution in [3.05, 3.63) is 0 Å². The first-order chi connectivity index (χ1) is 9.31. The molecule has 0 aromatic rings. The predicted molar refractivity (Wildman–Crippen MR) is 73.6 cm³/mol. The molecule has 2 amide bonds. The second-order valence-corrected chi connectivity index (χ2v) is 5.31. The van der Waals surface area contributed by atoms with E-state index in [1.165, 1.54) is 6.92 Å². The van der Waals surface area contributed by atoms with Crippen molar-refractivity contribution < 1.29 is 19.8 Å². The molecule has 1 rings (SSSR count). The van der Waals surface area contributed by atoms with Crippen molar-refractivity contribution in [2.75, 3.05) is 40.3 Å². The van der Waals surface area contributed by atoms with Gasteiger partial charge in [0.2, 0.25) is 0 Å². The topological polar surface area (TPSA) is 105 Å². The summed E-state index contributed by atoms with van der Waals surface area (Å²) in [6.45, 7) is 4.51. The van der Waals surface area contributed by atoms with Gasteiger partial charge in [0.1, 0.15) is 0 Å². The highest BCUT2D eigenvalue weighted by Gasteiger charge is 2.26. The van der Waals surface area contributed by atoms with E-state index >= 15 is 0 Å². The molecule has 0 saturated carbocycles. The van der Waals surface area contributed by atoms with Crippen LogP contribution in [-0.2, 0) is 4.79 Å². The number of carbonyl (C=O) groups is 2. The van der Waals surface area contributed by atoms with Gasteiger partial charge >= 0.3 is 12.0 Å². The van der Waals surface area contributed by atoms with E-state index < -0.39 is 24.1 Å². The zero-order valence-corrected chi connectivity index (χ0v) is 12.2. The molecule has 0 bridgehead atoms. The Bertz CT molecular complexity index is 350.